The molecule has 0 fully saturated rings. The number of pyridine rings is 1. The summed E-state index contributed by atoms with van der Waals surface area (Å²) < 4.78 is 2.02. The highest BCUT2D eigenvalue weighted by Crippen LogP contribution is 2.01. The summed E-state index contributed by atoms with van der Waals surface area (Å²) in [6.07, 6.45) is 3.86. The van der Waals surface area contributed by atoms with E-state index in [1.807, 2.05) is 47.3 Å². The van der Waals surface area contributed by atoms with Gasteiger partial charge < -0.3 is 4.90 Å². The topological polar surface area (TPSA) is 24.2 Å². The first-order chi connectivity index (χ1) is 8.66. The molecule has 2 rings (SSSR count). The van der Waals surface area contributed by atoms with Crippen LogP contribution in [0.2, 0.25) is 0 Å². The zero-order valence-electron chi connectivity index (χ0n) is 10.7. The van der Waals surface area contributed by atoms with Crippen molar-refractivity contribution in [3.63, 3.8) is 0 Å². The number of hydrogen-bond acceptors (Lipinski definition) is 1. The van der Waals surface area contributed by atoms with Gasteiger partial charge in [0, 0.05) is 25.7 Å². The minimum atomic E-state index is 0.0254. The number of carbonyl (C=O) groups is 1. The number of hydrogen-bond donors (Lipinski definition) is 0. The molecule has 0 spiro atoms. The number of nitrogens with zero attached hydrogens (tertiary/aromatic N) is 2. The maximum Gasteiger partial charge on any atom is 0.259 e. The second-order valence-corrected chi connectivity index (χ2v) is 4.45. The molecule has 0 aliphatic rings. The second kappa shape index (κ2) is 5.45. The molecule has 0 saturated carbocycles. The molecule has 0 aliphatic carbocycles. The van der Waals surface area contributed by atoms with E-state index in [0.29, 0.717) is 5.56 Å². The lowest BCUT2D eigenvalue weighted by Gasteiger charge is -2.08. The number of rotatable bonds is 3. The molecular formula is C15H17N2O+. The van der Waals surface area contributed by atoms with Gasteiger partial charge in [-0.2, -0.15) is 4.57 Å². The molecule has 1 heterocycles. The molecular weight excluding hydrogens is 224 g/mol. The molecule has 0 saturated heterocycles. The summed E-state index contributed by atoms with van der Waals surface area (Å²) >= 11 is 0. The lowest BCUT2D eigenvalue weighted by molar-refractivity contribution is -0.688. The van der Waals surface area contributed by atoms with Crippen LogP contribution in [0.1, 0.15) is 15.9 Å². The Kier molecular flexibility index (Phi) is 3.72. The first kappa shape index (κ1) is 12.3. The van der Waals surface area contributed by atoms with Crippen LogP contribution in [0.25, 0.3) is 0 Å². The quantitative estimate of drug-likeness (QED) is 0.751. The maximum absolute atomic E-state index is 11.9. The van der Waals surface area contributed by atoms with E-state index in [-0.39, 0.29) is 5.91 Å². The average molecular weight is 241 g/mol. The molecule has 3 nitrogen and oxygen atoms in total. The standard InChI is InChI=1S/C15H17N2O/c1-16(2)15(18)14-9-6-10-17(12-14)11-13-7-4-3-5-8-13/h3-10,12H,11H2,1-2H3/q+1. The van der Waals surface area contributed by atoms with Crippen LogP contribution in [0, 0.1) is 0 Å². The van der Waals surface area contributed by atoms with E-state index in [1.165, 1.54) is 5.56 Å². The van der Waals surface area contributed by atoms with E-state index in [9.17, 15) is 4.79 Å². The van der Waals surface area contributed by atoms with Gasteiger partial charge in [0.25, 0.3) is 5.91 Å². The predicted molar refractivity (Wildman–Crippen MR) is 70.2 cm³/mol. The van der Waals surface area contributed by atoms with Crippen LogP contribution in [0.3, 0.4) is 0 Å². The van der Waals surface area contributed by atoms with Gasteiger partial charge in [-0.25, -0.2) is 0 Å². The Morgan fingerprint density at radius 1 is 1.11 bits per heavy atom. The van der Waals surface area contributed by atoms with Crippen LogP contribution in [0.4, 0.5) is 0 Å². The van der Waals surface area contributed by atoms with Crippen LogP contribution in [-0.4, -0.2) is 24.9 Å². The highest BCUT2D eigenvalue weighted by molar-refractivity contribution is 5.93. The lowest BCUT2D eigenvalue weighted by Crippen LogP contribution is -2.35. The van der Waals surface area contributed by atoms with Crippen molar-refractivity contribution in [2.75, 3.05) is 14.1 Å². The third-order valence-corrected chi connectivity index (χ3v) is 2.72. The minimum absolute atomic E-state index is 0.0254. The molecule has 1 aromatic carbocycles. The van der Waals surface area contributed by atoms with Crippen molar-refractivity contribution in [3.05, 3.63) is 66.0 Å². The molecule has 0 aliphatic heterocycles. The molecule has 18 heavy (non-hydrogen) atoms. The summed E-state index contributed by atoms with van der Waals surface area (Å²) in [6.45, 7) is 0.773. The van der Waals surface area contributed by atoms with Crippen molar-refractivity contribution in [1.82, 2.24) is 4.90 Å². The fraction of sp³-hybridized carbons (Fsp3) is 0.200. The van der Waals surface area contributed by atoms with Crippen molar-refractivity contribution in [2.24, 2.45) is 0 Å². The van der Waals surface area contributed by atoms with E-state index >= 15 is 0 Å². The normalized spacial score (nSPS) is 10.1. The fourth-order valence-electron chi connectivity index (χ4n) is 1.80. The molecule has 0 bridgehead atoms. The van der Waals surface area contributed by atoms with Gasteiger partial charge in [0.2, 0.25) is 0 Å². The van der Waals surface area contributed by atoms with Gasteiger partial charge in [0.05, 0.1) is 0 Å². The average Bonchev–Trinajstić information content (AvgIpc) is 2.39. The minimum Gasteiger partial charge on any atom is -0.345 e. The van der Waals surface area contributed by atoms with Crippen LogP contribution in [0.15, 0.2) is 54.9 Å². The van der Waals surface area contributed by atoms with E-state index < -0.39 is 0 Å². The lowest BCUT2D eigenvalue weighted by atomic mass is 10.2. The van der Waals surface area contributed by atoms with Crippen molar-refractivity contribution in [1.29, 1.82) is 0 Å². The highest BCUT2D eigenvalue weighted by atomic mass is 16.2. The molecule has 1 aromatic heterocycles. The van der Waals surface area contributed by atoms with Crippen LogP contribution in [0.5, 0.6) is 0 Å². The molecule has 0 unspecified atom stereocenters. The predicted octanol–water partition coefficient (Wildman–Crippen LogP) is 1.72. The Bertz CT molecular complexity index is 535. The zero-order valence-corrected chi connectivity index (χ0v) is 10.7. The van der Waals surface area contributed by atoms with Gasteiger partial charge in [0.15, 0.2) is 18.9 Å². The van der Waals surface area contributed by atoms with E-state index in [4.69, 9.17) is 0 Å². The summed E-state index contributed by atoms with van der Waals surface area (Å²) in [7, 11) is 3.52. The Morgan fingerprint density at radius 2 is 1.83 bits per heavy atom. The Balaban J connectivity index is 2.20. The van der Waals surface area contributed by atoms with Gasteiger partial charge >= 0.3 is 0 Å². The van der Waals surface area contributed by atoms with Gasteiger partial charge in [-0.3, -0.25) is 4.79 Å². The SMILES string of the molecule is CN(C)C(=O)c1ccc[n+](Cc2ccccc2)c1. The van der Waals surface area contributed by atoms with Gasteiger partial charge in [0.1, 0.15) is 5.56 Å². The molecule has 0 radical (unpaired) electrons. The first-order valence-electron chi connectivity index (χ1n) is 5.91. The Morgan fingerprint density at radius 3 is 2.50 bits per heavy atom. The van der Waals surface area contributed by atoms with Crippen molar-refractivity contribution in [3.8, 4) is 0 Å². The van der Waals surface area contributed by atoms with Crippen LogP contribution in [-0.2, 0) is 6.54 Å². The van der Waals surface area contributed by atoms with Crippen molar-refractivity contribution < 1.29 is 9.36 Å². The number of amides is 1. The number of benzene rings is 1. The van der Waals surface area contributed by atoms with Crippen molar-refractivity contribution >= 4 is 5.91 Å². The highest BCUT2D eigenvalue weighted by Gasteiger charge is 2.12. The first-order valence-corrected chi connectivity index (χ1v) is 5.91. The summed E-state index contributed by atoms with van der Waals surface area (Å²) in [5.74, 6) is 0.0254. The van der Waals surface area contributed by atoms with Gasteiger partial charge in [-0.05, 0) is 6.07 Å². The monoisotopic (exact) mass is 241 g/mol. The summed E-state index contributed by atoms with van der Waals surface area (Å²) in [5, 5.41) is 0. The van der Waals surface area contributed by atoms with Gasteiger partial charge in [-0.1, -0.05) is 30.3 Å². The summed E-state index contributed by atoms with van der Waals surface area (Å²) in [6, 6.07) is 13.9. The van der Waals surface area contributed by atoms with Crippen LogP contribution < -0.4 is 4.57 Å². The summed E-state index contributed by atoms with van der Waals surface area (Å²) in [4.78, 5) is 13.4. The van der Waals surface area contributed by atoms with Crippen molar-refractivity contribution in [2.45, 2.75) is 6.54 Å². The molecule has 92 valence electrons. The molecule has 1 amide bonds. The fourth-order valence-corrected chi connectivity index (χ4v) is 1.80. The number of carbonyl (C=O) groups excluding carboxylic acids is 1. The summed E-state index contributed by atoms with van der Waals surface area (Å²) in [5.41, 5.74) is 1.93. The van der Waals surface area contributed by atoms with E-state index in [2.05, 4.69) is 12.1 Å². The largest absolute Gasteiger partial charge is 0.345 e. The molecule has 0 N–H and O–H groups in total. The maximum atomic E-state index is 11.9. The third kappa shape index (κ3) is 2.94. The van der Waals surface area contributed by atoms with Gasteiger partial charge in [-0.15, -0.1) is 0 Å². The molecule has 3 heteroatoms. The third-order valence-electron chi connectivity index (χ3n) is 2.72. The second-order valence-electron chi connectivity index (χ2n) is 4.45. The zero-order chi connectivity index (χ0) is 13.0. The molecule has 2 aromatic rings. The Hall–Kier alpha value is -2.16. The van der Waals surface area contributed by atoms with E-state index in [0.717, 1.165) is 6.54 Å². The van der Waals surface area contributed by atoms with E-state index in [1.54, 1.807) is 19.0 Å². The van der Waals surface area contributed by atoms with Crippen LogP contribution >= 0.6 is 0 Å². The molecule has 0 atom stereocenters. The number of aromatic nitrogens is 1. The smallest absolute Gasteiger partial charge is 0.259 e. The Labute approximate surface area is 107 Å².